The van der Waals surface area contributed by atoms with E-state index in [1.165, 1.54) is 0 Å². The summed E-state index contributed by atoms with van der Waals surface area (Å²) in [6.07, 6.45) is 1.09. The fraction of sp³-hybridized carbons (Fsp3) is 0.778. The monoisotopic (exact) mass is 194 g/mol. The molecule has 3 heterocycles. The van der Waals surface area contributed by atoms with Gasteiger partial charge in [0.05, 0.1) is 13.2 Å². The van der Waals surface area contributed by atoms with E-state index in [-0.39, 0.29) is 0 Å². The Balaban J connectivity index is 1.93. The fourth-order valence-electron chi connectivity index (χ4n) is 2.15. The molecular weight excluding hydrogens is 180 g/mol. The summed E-state index contributed by atoms with van der Waals surface area (Å²) in [5.74, 6) is 2.66. The molecule has 0 bridgehead atoms. The van der Waals surface area contributed by atoms with Gasteiger partial charge in [0.1, 0.15) is 11.6 Å². The second-order valence-corrected chi connectivity index (χ2v) is 3.86. The first-order valence-corrected chi connectivity index (χ1v) is 5.15. The Kier molecular flexibility index (Phi) is 1.99. The highest BCUT2D eigenvalue weighted by atomic mass is 16.5. The lowest BCUT2D eigenvalue weighted by molar-refractivity contribution is 0.192. The van der Waals surface area contributed by atoms with Crippen LogP contribution in [0.5, 0.6) is 0 Å². The molecule has 0 aromatic carbocycles. The Morgan fingerprint density at radius 1 is 1.43 bits per heavy atom. The summed E-state index contributed by atoms with van der Waals surface area (Å²) in [4.78, 5) is 0. The highest BCUT2D eigenvalue weighted by Crippen LogP contribution is 2.24. The molecule has 14 heavy (non-hydrogen) atoms. The van der Waals surface area contributed by atoms with E-state index in [4.69, 9.17) is 4.74 Å². The third-order valence-corrected chi connectivity index (χ3v) is 2.95. The highest BCUT2D eigenvalue weighted by Gasteiger charge is 2.25. The maximum absolute atomic E-state index is 5.38. The molecule has 0 aliphatic carbocycles. The quantitative estimate of drug-likeness (QED) is 0.677. The van der Waals surface area contributed by atoms with E-state index >= 15 is 0 Å². The molecule has 0 spiro atoms. The standard InChI is InChI=1S/C9H14N4O/c1-4-14-6-7(1)9-12-11-8-5-10-2-3-13(8)9/h7,10H,1-6H2. The molecule has 1 aromatic heterocycles. The van der Waals surface area contributed by atoms with Crippen molar-refractivity contribution in [2.45, 2.75) is 25.4 Å². The molecule has 1 saturated heterocycles. The molecule has 1 unspecified atom stereocenters. The van der Waals surface area contributed by atoms with Gasteiger partial charge in [-0.3, -0.25) is 0 Å². The molecule has 0 saturated carbocycles. The number of nitrogens with zero attached hydrogens (tertiary/aromatic N) is 3. The normalized spacial score (nSPS) is 26.4. The maximum atomic E-state index is 5.38. The van der Waals surface area contributed by atoms with Gasteiger partial charge >= 0.3 is 0 Å². The second-order valence-electron chi connectivity index (χ2n) is 3.86. The predicted octanol–water partition coefficient (Wildman–Crippen LogP) is -0.115. The van der Waals surface area contributed by atoms with Crippen molar-refractivity contribution in [3.63, 3.8) is 0 Å². The van der Waals surface area contributed by atoms with Gasteiger partial charge in [0.15, 0.2) is 0 Å². The Bertz CT molecular complexity index is 330. The van der Waals surface area contributed by atoms with E-state index in [0.29, 0.717) is 5.92 Å². The minimum absolute atomic E-state index is 0.467. The number of aromatic nitrogens is 3. The molecule has 1 aromatic rings. The minimum Gasteiger partial charge on any atom is -0.381 e. The number of nitrogens with one attached hydrogen (secondary N) is 1. The summed E-state index contributed by atoms with van der Waals surface area (Å²) in [5, 5.41) is 11.8. The zero-order chi connectivity index (χ0) is 9.38. The molecule has 5 heteroatoms. The largest absolute Gasteiger partial charge is 0.381 e. The lowest BCUT2D eigenvalue weighted by Gasteiger charge is -2.17. The van der Waals surface area contributed by atoms with Gasteiger partial charge < -0.3 is 14.6 Å². The van der Waals surface area contributed by atoms with E-state index in [0.717, 1.165) is 50.9 Å². The molecule has 0 amide bonds. The molecule has 0 radical (unpaired) electrons. The molecule has 1 N–H and O–H groups in total. The van der Waals surface area contributed by atoms with Crippen LogP contribution in [0.2, 0.25) is 0 Å². The average Bonchev–Trinajstić information content (AvgIpc) is 2.85. The van der Waals surface area contributed by atoms with E-state index in [9.17, 15) is 0 Å². The van der Waals surface area contributed by atoms with Crippen LogP contribution >= 0.6 is 0 Å². The SMILES string of the molecule is C1Cn2c(nnc2C2CCOC2)CN1. The van der Waals surface area contributed by atoms with Crippen LogP contribution < -0.4 is 5.32 Å². The highest BCUT2D eigenvalue weighted by molar-refractivity contribution is 5.05. The predicted molar refractivity (Wildman–Crippen MR) is 49.9 cm³/mol. The van der Waals surface area contributed by atoms with Crippen LogP contribution in [-0.4, -0.2) is 34.5 Å². The molecule has 1 fully saturated rings. The van der Waals surface area contributed by atoms with Crippen molar-refractivity contribution in [2.75, 3.05) is 19.8 Å². The average molecular weight is 194 g/mol. The van der Waals surface area contributed by atoms with Crippen LogP contribution in [0, 0.1) is 0 Å². The smallest absolute Gasteiger partial charge is 0.147 e. The van der Waals surface area contributed by atoms with Crippen molar-refractivity contribution in [3.8, 4) is 0 Å². The molecule has 2 aliphatic heterocycles. The van der Waals surface area contributed by atoms with Crippen molar-refractivity contribution < 1.29 is 4.74 Å². The topological polar surface area (TPSA) is 52.0 Å². The summed E-state index contributed by atoms with van der Waals surface area (Å²) in [6.45, 7) is 4.54. The molecule has 3 rings (SSSR count). The maximum Gasteiger partial charge on any atom is 0.147 e. The van der Waals surface area contributed by atoms with Gasteiger partial charge in [0, 0.05) is 25.6 Å². The van der Waals surface area contributed by atoms with E-state index in [2.05, 4.69) is 20.1 Å². The molecule has 76 valence electrons. The lowest BCUT2D eigenvalue weighted by atomic mass is 10.1. The van der Waals surface area contributed by atoms with Crippen LogP contribution in [0.1, 0.15) is 24.0 Å². The van der Waals surface area contributed by atoms with Gasteiger partial charge in [0.2, 0.25) is 0 Å². The number of hydrogen-bond donors (Lipinski definition) is 1. The zero-order valence-electron chi connectivity index (χ0n) is 8.07. The van der Waals surface area contributed by atoms with Crippen LogP contribution in [0.25, 0.3) is 0 Å². The Hall–Kier alpha value is -0.940. The van der Waals surface area contributed by atoms with Crippen LogP contribution in [-0.2, 0) is 17.8 Å². The lowest BCUT2D eigenvalue weighted by Crippen LogP contribution is -2.29. The van der Waals surface area contributed by atoms with Crippen molar-refractivity contribution in [3.05, 3.63) is 11.6 Å². The summed E-state index contributed by atoms with van der Waals surface area (Å²) < 4.78 is 7.62. The third-order valence-electron chi connectivity index (χ3n) is 2.95. The first-order chi connectivity index (χ1) is 6.95. The van der Waals surface area contributed by atoms with Gasteiger partial charge in [-0.15, -0.1) is 10.2 Å². The van der Waals surface area contributed by atoms with Crippen LogP contribution in [0.4, 0.5) is 0 Å². The van der Waals surface area contributed by atoms with Gasteiger partial charge in [-0.05, 0) is 6.42 Å². The zero-order valence-corrected chi connectivity index (χ0v) is 8.07. The van der Waals surface area contributed by atoms with E-state index in [1.807, 2.05) is 0 Å². The van der Waals surface area contributed by atoms with E-state index < -0.39 is 0 Å². The van der Waals surface area contributed by atoms with Crippen molar-refractivity contribution in [1.82, 2.24) is 20.1 Å². The Morgan fingerprint density at radius 3 is 3.29 bits per heavy atom. The molecule has 2 aliphatic rings. The van der Waals surface area contributed by atoms with Crippen LogP contribution in [0.3, 0.4) is 0 Å². The van der Waals surface area contributed by atoms with Gasteiger partial charge in [-0.2, -0.15) is 0 Å². The number of ether oxygens (including phenoxy) is 1. The summed E-state index contributed by atoms with van der Waals surface area (Å²) in [6, 6.07) is 0. The molecule has 1 atom stereocenters. The minimum atomic E-state index is 0.467. The molecule has 5 nitrogen and oxygen atoms in total. The Morgan fingerprint density at radius 2 is 2.43 bits per heavy atom. The third kappa shape index (κ3) is 1.24. The van der Waals surface area contributed by atoms with Gasteiger partial charge in [-0.25, -0.2) is 0 Å². The number of hydrogen-bond acceptors (Lipinski definition) is 4. The fourth-order valence-corrected chi connectivity index (χ4v) is 2.15. The van der Waals surface area contributed by atoms with Gasteiger partial charge in [0.25, 0.3) is 0 Å². The van der Waals surface area contributed by atoms with Crippen molar-refractivity contribution in [2.24, 2.45) is 0 Å². The summed E-state index contributed by atoms with van der Waals surface area (Å²) in [5.41, 5.74) is 0. The number of rotatable bonds is 1. The van der Waals surface area contributed by atoms with Crippen molar-refractivity contribution in [1.29, 1.82) is 0 Å². The second kappa shape index (κ2) is 3.33. The number of fused-ring (bicyclic) bond motifs is 1. The van der Waals surface area contributed by atoms with E-state index in [1.54, 1.807) is 0 Å². The summed E-state index contributed by atoms with van der Waals surface area (Å²) >= 11 is 0. The van der Waals surface area contributed by atoms with Crippen molar-refractivity contribution >= 4 is 0 Å². The molecular formula is C9H14N4O. The van der Waals surface area contributed by atoms with Crippen LogP contribution in [0.15, 0.2) is 0 Å². The Labute approximate surface area is 82.5 Å². The van der Waals surface area contributed by atoms with Gasteiger partial charge in [-0.1, -0.05) is 0 Å². The first-order valence-electron chi connectivity index (χ1n) is 5.15. The first kappa shape index (κ1) is 8.38. The summed E-state index contributed by atoms with van der Waals surface area (Å²) in [7, 11) is 0.